The minimum atomic E-state index is -0.120. The fourth-order valence-electron chi connectivity index (χ4n) is 5.68. The van der Waals surface area contributed by atoms with E-state index in [-0.39, 0.29) is 29.9 Å². The van der Waals surface area contributed by atoms with E-state index in [9.17, 15) is 4.79 Å². The molecule has 1 aromatic carbocycles. The summed E-state index contributed by atoms with van der Waals surface area (Å²) in [4.78, 5) is 14.1. The SMILES string of the molecule is CCCCCCCCCCCCCCCCCC(=O)OCCOCCOCCOCCOCCN(C)c1ccc(/C=C/c2cc[n+](C)cc2)cc1.[I-]. The number of likely N-dealkylation sites (N-methyl/N-ethyl adjacent to an activating group) is 1. The van der Waals surface area contributed by atoms with Gasteiger partial charge in [0.2, 0.25) is 0 Å². The van der Waals surface area contributed by atoms with E-state index in [0.717, 1.165) is 25.1 Å². The van der Waals surface area contributed by atoms with E-state index >= 15 is 0 Å². The molecule has 0 fully saturated rings. The Labute approximate surface area is 334 Å². The largest absolute Gasteiger partial charge is 1.00 e. The third kappa shape index (κ3) is 27.5. The number of carbonyl (C=O) groups is 1. The Balaban J connectivity index is 0.0000135. The number of halogens is 1. The van der Waals surface area contributed by atoms with Crippen LogP contribution in [0.15, 0.2) is 48.8 Å². The second-order valence-electron chi connectivity index (χ2n) is 13.5. The zero-order chi connectivity index (χ0) is 36.5. The molecule has 2 aromatic rings. The monoisotopic (exact) mass is 838 g/mol. The highest BCUT2D eigenvalue weighted by Crippen LogP contribution is 2.16. The van der Waals surface area contributed by atoms with Crippen molar-refractivity contribution in [3.8, 4) is 0 Å². The lowest BCUT2D eigenvalue weighted by atomic mass is 10.0. The molecule has 0 radical (unpaired) electrons. The lowest BCUT2D eigenvalue weighted by molar-refractivity contribution is -0.671. The topological polar surface area (TPSA) is 70.3 Å². The Morgan fingerprint density at radius 3 is 1.46 bits per heavy atom. The Hall–Kier alpha value is -2.05. The normalized spacial score (nSPS) is 11.2. The number of hydrogen-bond donors (Lipinski definition) is 0. The molecule has 0 bridgehead atoms. The molecule has 0 saturated heterocycles. The van der Waals surface area contributed by atoms with Crippen molar-refractivity contribution in [3.63, 3.8) is 0 Å². The number of esters is 1. The molecule has 0 aliphatic rings. The second kappa shape index (κ2) is 34.7. The first-order valence-electron chi connectivity index (χ1n) is 20.0. The number of unbranched alkanes of at least 4 members (excludes halogenated alkanes) is 14. The predicted molar refractivity (Wildman–Crippen MR) is 210 cm³/mol. The van der Waals surface area contributed by atoms with Gasteiger partial charge in [0.15, 0.2) is 12.4 Å². The first-order chi connectivity index (χ1) is 25.1. The lowest BCUT2D eigenvalue weighted by Gasteiger charge is -2.19. The maximum atomic E-state index is 11.9. The number of pyridine rings is 1. The van der Waals surface area contributed by atoms with E-state index in [1.807, 2.05) is 24.0 Å². The van der Waals surface area contributed by atoms with Crippen molar-refractivity contribution in [3.05, 3.63) is 59.9 Å². The molecule has 1 aromatic heterocycles. The van der Waals surface area contributed by atoms with Gasteiger partial charge in [-0.05, 0) is 29.7 Å². The Bertz CT molecular complexity index is 1120. The van der Waals surface area contributed by atoms with Crippen LogP contribution in [0.2, 0.25) is 0 Å². The van der Waals surface area contributed by atoms with Crippen LogP contribution in [0, 0.1) is 0 Å². The summed E-state index contributed by atoms with van der Waals surface area (Å²) >= 11 is 0. The third-order valence-corrected chi connectivity index (χ3v) is 8.97. The predicted octanol–water partition coefficient (Wildman–Crippen LogP) is 5.99. The molecule has 0 spiro atoms. The maximum absolute atomic E-state index is 11.9. The van der Waals surface area contributed by atoms with E-state index in [1.54, 1.807) is 0 Å². The average molecular weight is 839 g/mol. The van der Waals surface area contributed by atoms with Crippen LogP contribution in [-0.4, -0.2) is 79.0 Å². The number of nitrogens with zero attached hydrogens (tertiary/aromatic N) is 2. The summed E-state index contributed by atoms with van der Waals surface area (Å²) in [6.45, 7) is 7.49. The van der Waals surface area contributed by atoms with Crippen LogP contribution in [0.4, 0.5) is 5.69 Å². The Morgan fingerprint density at radius 2 is 0.981 bits per heavy atom. The molecule has 0 saturated carbocycles. The summed E-state index contributed by atoms with van der Waals surface area (Å²) in [5, 5.41) is 0. The molecule has 0 amide bonds. The van der Waals surface area contributed by atoms with Gasteiger partial charge in [-0.15, -0.1) is 0 Å². The molecule has 0 atom stereocenters. The lowest BCUT2D eigenvalue weighted by Crippen LogP contribution is -3.00. The summed E-state index contributed by atoms with van der Waals surface area (Å²) in [5.41, 5.74) is 3.51. The van der Waals surface area contributed by atoms with Gasteiger partial charge in [-0.1, -0.05) is 121 Å². The van der Waals surface area contributed by atoms with Gasteiger partial charge in [0, 0.05) is 37.8 Å². The van der Waals surface area contributed by atoms with E-state index in [1.165, 1.54) is 94.6 Å². The molecule has 1 heterocycles. The van der Waals surface area contributed by atoms with Crippen molar-refractivity contribution < 1.29 is 57.0 Å². The smallest absolute Gasteiger partial charge is 0.305 e. The van der Waals surface area contributed by atoms with E-state index < -0.39 is 0 Å². The highest BCUT2D eigenvalue weighted by atomic mass is 127. The maximum Gasteiger partial charge on any atom is 0.305 e. The average Bonchev–Trinajstić information content (AvgIpc) is 3.14. The van der Waals surface area contributed by atoms with Crippen LogP contribution in [0.5, 0.6) is 0 Å². The minimum absolute atomic E-state index is 0. The van der Waals surface area contributed by atoms with Crippen LogP contribution in [0.1, 0.15) is 121 Å². The number of ether oxygens (including phenoxy) is 5. The highest BCUT2D eigenvalue weighted by Gasteiger charge is 2.04. The van der Waals surface area contributed by atoms with Crippen molar-refractivity contribution >= 4 is 23.8 Å². The molecule has 0 aliphatic heterocycles. The molecule has 52 heavy (non-hydrogen) atoms. The van der Waals surface area contributed by atoms with E-state index in [4.69, 9.17) is 23.7 Å². The molecular weight excluding hydrogens is 767 g/mol. The number of aryl methyl sites for hydroxylation is 1. The van der Waals surface area contributed by atoms with Crippen molar-refractivity contribution in [2.45, 2.75) is 110 Å². The minimum Gasteiger partial charge on any atom is -1.00 e. The van der Waals surface area contributed by atoms with Crippen LogP contribution in [0.25, 0.3) is 12.2 Å². The van der Waals surface area contributed by atoms with Crippen molar-refractivity contribution in [2.24, 2.45) is 7.05 Å². The van der Waals surface area contributed by atoms with E-state index in [2.05, 4.69) is 67.4 Å². The number of hydrogen-bond acceptors (Lipinski definition) is 7. The molecular formula is C43H71IN2O6. The van der Waals surface area contributed by atoms with Gasteiger partial charge in [0.25, 0.3) is 0 Å². The highest BCUT2D eigenvalue weighted by molar-refractivity contribution is 5.70. The molecule has 8 nitrogen and oxygen atoms in total. The van der Waals surface area contributed by atoms with Gasteiger partial charge in [-0.25, -0.2) is 4.57 Å². The third-order valence-electron chi connectivity index (χ3n) is 8.97. The van der Waals surface area contributed by atoms with Crippen molar-refractivity contribution in [2.75, 3.05) is 78.0 Å². The summed E-state index contributed by atoms with van der Waals surface area (Å²) in [6, 6.07) is 12.7. The van der Waals surface area contributed by atoms with Gasteiger partial charge in [0.1, 0.15) is 13.7 Å². The first-order valence-corrected chi connectivity index (χ1v) is 20.0. The van der Waals surface area contributed by atoms with Crippen LogP contribution >= 0.6 is 0 Å². The second-order valence-corrected chi connectivity index (χ2v) is 13.5. The van der Waals surface area contributed by atoms with Crippen molar-refractivity contribution in [1.82, 2.24) is 0 Å². The van der Waals surface area contributed by atoms with Crippen LogP contribution in [0.3, 0.4) is 0 Å². The molecule has 0 aliphatic carbocycles. The molecule has 0 N–H and O–H groups in total. The molecule has 9 heteroatoms. The van der Waals surface area contributed by atoms with Gasteiger partial charge < -0.3 is 52.6 Å². The molecule has 296 valence electrons. The van der Waals surface area contributed by atoms with Crippen molar-refractivity contribution in [1.29, 1.82) is 0 Å². The van der Waals surface area contributed by atoms with E-state index in [0.29, 0.717) is 65.9 Å². The van der Waals surface area contributed by atoms with Gasteiger partial charge in [-0.2, -0.15) is 0 Å². The number of benzene rings is 1. The zero-order valence-electron chi connectivity index (χ0n) is 32.9. The summed E-state index contributed by atoms with van der Waals surface area (Å²) in [7, 11) is 4.09. The van der Waals surface area contributed by atoms with Gasteiger partial charge in [-0.3, -0.25) is 4.79 Å². The first kappa shape index (κ1) is 48.0. The summed E-state index contributed by atoms with van der Waals surface area (Å²) in [6.07, 6.45) is 28.7. The quantitative estimate of drug-likeness (QED) is 0.0372. The van der Waals surface area contributed by atoms with Gasteiger partial charge in [0.05, 0.1) is 52.9 Å². The number of aromatic nitrogens is 1. The fraction of sp³-hybridized carbons (Fsp3) is 0.674. The Kier molecular flexibility index (Phi) is 32.0. The number of anilines is 1. The van der Waals surface area contributed by atoms with Crippen LogP contribution in [-0.2, 0) is 35.5 Å². The van der Waals surface area contributed by atoms with Gasteiger partial charge >= 0.3 is 5.97 Å². The Morgan fingerprint density at radius 1 is 0.577 bits per heavy atom. The van der Waals surface area contributed by atoms with Crippen LogP contribution < -0.4 is 33.4 Å². The standard InChI is InChI=1S/C43H71N2O6.HI/c1-4-5-6-7-8-9-10-11-12-13-14-15-16-17-18-19-43(46)51-39-38-50-37-36-49-35-34-48-33-32-47-31-30-45(3)42-24-22-40(23-25-42)20-21-41-26-28-44(2)29-27-41;/h20-29H,4-19,30-39H2,1-3H3;1H/q+1;/p-1. The zero-order valence-corrected chi connectivity index (χ0v) is 35.0. The number of rotatable bonds is 34. The summed E-state index contributed by atoms with van der Waals surface area (Å²) in [5.74, 6) is -0.120. The molecule has 2 rings (SSSR count). The summed E-state index contributed by atoms with van der Waals surface area (Å²) < 4.78 is 29.7. The fourth-order valence-corrected chi connectivity index (χ4v) is 5.68. The molecule has 0 unspecified atom stereocenters. The number of carbonyl (C=O) groups excluding carboxylic acids is 1.